The van der Waals surface area contributed by atoms with E-state index in [-0.39, 0.29) is 11.8 Å². The first-order chi connectivity index (χ1) is 8.52. The van der Waals surface area contributed by atoms with Crippen molar-refractivity contribution in [2.45, 2.75) is 12.8 Å². The van der Waals surface area contributed by atoms with E-state index in [1.165, 1.54) is 6.20 Å². The van der Waals surface area contributed by atoms with Crippen LogP contribution in [0.4, 0.5) is 5.82 Å². The number of nitrogens with two attached hydrogens (primary N) is 2. The summed E-state index contributed by atoms with van der Waals surface area (Å²) in [6, 6.07) is 3.12. The van der Waals surface area contributed by atoms with Gasteiger partial charge >= 0.3 is 0 Å². The zero-order valence-electron chi connectivity index (χ0n) is 9.47. The quantitative estimate of drug-likeness (QED) is 0.298. The highest BCUT2D eigenvalue weighted by atomic mass is 16.2. The Morgan fingerprint density at radius 3 is 2.17 bits per heavy atom. The summed E-state index contributed by atoms with van der Waals surface area (Å²) < 4.78 is 0. The second-order valence-corrected chi connectivity index (χ2v) is 3.41. The van der Waals surface area contributed by atoms with E-state index in [0.29, 0.717) is 24.2 Å². The number of anilines is 1. The number of nitrogens with one attached hydrogen (secondary N) is 2. The van der Waals surface area contributed by atoms with Crippen LogP contribution >= 0.6 is 0 Å². The molecule has 0 aliphatic carbocycles. The highest BCUT2D eigenvalue weighted by Gasteiger charge is 2.15. The topological polar surface area (TPSA) is 140 Å². The molecule has 0 radical (unpaired) electrons. The van der Waals surface area contributed by atoms with Crippen LogP contribution in [-0.4, -0.2) is 22.7 Å². The molecule has 1 aliphatic heterocycles. The Bertz CT molecular complexity index is 443. The minimum Gasteiger partial charge on any atom is -0.366 e. The van der Waals surface area contributed by atoms with Crippen molar-refractivity contribution in [3.05, 3.63) is 23.9 Å². The number of hydrazine groups is 1. The minimum atomic E-state index is -0.499. The molecule has 0 spiro atoms. The molecule has 0 unspecified atom stereocenters. The molecule has 18 heavy (non-hydrogen) atoms. The van der Waals surface area contributed by atoms with E-state index in [4.69, 9.17) is 11.6 Å². The summed E-state index contributed by atoms with van der Waals surface area (Å²) in [5, 5.41) is 2.14. The summed E-state index contributed by atoms with van der Waals surface area (Å²) >= 11 is 0. The number of carbonyl (C=O) groups excluding carboxylic acids is 3. The van der Waals surface area contributed by atoms with Crippen LogP contribution in [-0.2, 0) is 9.59 Å². The summed E-state index contributed by atoms with van der Waals surface area (Å²) in [5.41, 5.74) is 7.67. The molecule has 2 heterocycles. The Kier molecular flexibility index (Phi) is 4.76. The Morgan fingerprint density at radius 1 is 1.28 bits per heavy atom. The standard InChI is InChI=1S/C6H8N4O.C4H5NO2/c7-6(11)4-1-2-5(10-8)9-3-4;6-3-1-2-4(7)5-3/h1-3H,8H2,(H2,7,11)(H,9,10);1-2H2,(H,5,6,7). The molecule has 1 aromatic heterocycles. The number of amides is 3. The lowest BCUT2D eigenvalue weighted by Crippen LogP contribution is -2.18. The number of nitrogens with zero attached hydrogens (tertiary/aromatic N) is 1. The predicted octanol–water partition coefficient (Wildman–Crippen LogP) is -1.11. The summed E-state index contributed by atoms with van der Waals surface area (Å²) in [5.74, 6) is 4.75. The van der Waals surface area contributed by atoms with Gasteiger partial charge in [0.1, 0.15) is 5.82 Å². The summed E-state index contributed by atoms with van der Waals surface area (Å²) in [4.78, 5) is 34.6. The van der Waals surface area contributed by atoms with Crippen LogP contribution in [0.25, 0.3) is 0 Å². The zero-order valence-corrected chi connectivity index (χ0v) is 9.47. The predicted molar refractivity (Wildman–Crippen MR) is 62.9 cm³/mol. The van der Waals surface area contributed by atoms with Crippen LogP contribution in [0.2, 0.25) is 0 Å². The van der Waals surface area contributed by atoms with Crippen molar-refractivity contribution in [1.29, 1.82) is 0 Å². The lowest BCUT2D eigenvalue weighted by molar-refractivity contribution is -0.124. The highest BCUT2D eigenvalue weighted by Crippen LogP contribution is 2.01. The third-order valence-electron chi connectivity index (χ3n) is 2.05. The van der Waals surface area contributed by atoms with Crippen molar-refractivity contribution < 1.29 is 14.4 Å². The van der Waals surface area contributed by atoms with Gasteiger partial charge in [0.15, 0.2) is 0 Å². The number of imide groups is 1. The monoisotopic (exact) mass is 251 g/mol. The second-order valence-electron chi connectivity index (χ2n) is 3.41. The van der Waals surface area contributed by atoms with Crippen molar-refractivity contribution in [2.75, 3.05) is 5.43 Å². The lowest BCUT2D eigenvalue weighted by Gasteiger charge is -1.97. The molecule has 1 saturated heterocycles. The molecular weight excluding hydrogens is 238 g/mol. The highest BCUT2D eigenvalue weighted by molar-refractivity contribution is 6.01. The molecule has 1 fully saturated rings. The van der Waals surface area contributed by atoms with Crippen LogP contribution in [0.3, 0.4) is 0 Å². The van der Waals surface area contributed by atoms with Gasteiger partial charge in [-0.3, -0.25) is 19.7 Å². The second kappa shape index (κ2) is 6.30. The minimum absolute atomic E-state index is 0.148. The first kappa shape index (κ1) is 13.6. The molecule has 3 amide bonds. The van der Waals surface area contributed by atoms with Gasteiger partial charge in [-0.25, -0.2) is 10.8 Å². The summed E-state index contributed by atoms with van der Waals surface area (Å²) in [6.07, 6.45) is 2.11. The molecule has 6 N–H and O–H groups in total. The largest absolute Gasteiger partial charge is 0.366 e. The number of aromatic nitrogens is 1. The van der Waals surface area contributed by atoms with Gasteiger partial charge in [0, 0.05) is 19.0 Å². The van der Waals surface area contributed by atoms with E-state index in [1.54, 1.807) is 12.1 Å². The van der Waals surface area contributed by atoms with Gasteiger partial charge in [-0.1, -0.05) is 0 Å². The maximum Gasteiger partial charge on any atom is 0.250 e. The number of hydrogen-bond acceptors (Lipinski definition) is 6. The van der Waals surface area contributed by atoms with E-state index < -0.39 is 5.91 Å². The van der Waals surface area contributed by atoms with E-state index >= 15 is 0 Å². The van der Waals surface area contributed by atoms with Gasteiger partial charge in [0.05, 0.1) is 5.56 Å². The molecule has 2 rings (SSSR count). The van der Waals surface area contributed by atoms with E-state index in [1.807, 2.05) is 0 Å². The molecule has 0 saturated carbocycles. The number of rotatable bonds is 2. The molecule has 8 nitrogen and oxygen atoms in total. The fraction of sp³-hybridized carbons (Fsp3) is 0.200. The van der Waals surface area contributed by atoms with Crippen LogP contribution in [0.1, 0.15) is 23.2 Å². The van der Waals surface area contributed by atoms with Crippen LogP contribution in [0.15, 0.2) is 18.3 Å². The average Bonchev–Trinajstić information content (AvgIpc) is 2.74. The molecule has 0 atom stereocenters. The van der Waals surface area contributed by atoms with Crippen LogP contribution in [0.5, 0.6) is 0 Å². The smallest absolute Gasteiger partial charge is 0.250 e. The molecule has 8 heteroatoms. The normalized spacial score (nSPS) is 13.4. The molecular formula is C10H13N5O3. The molecule has 1 aromatic rings. The summed E-state index contributed by atoms with van der Waals surface area (Å²) in [7, 11) is 0. The van der Waals surface area contributed by atoms with E-state index in [2.05, 4.69) is 15.7 Å². The Morgan fingerprint density at radius 2 is 1.89 bits per heavy atom. The van der Waals surface area contributed by atoms with Gasteiger partial charge in [-0.15, -0.1) is 0 Å². The lowest BCUT2D eigenvalue weighted by atomic mass is 10.3. The Hall–Kier alpha value is -2.48. The Balaban J connectivity index is 0.000000199. The first-order valence-electron chi connectivity index (χ1n) is 5.08. The van der Waals surface area contributed by atoms with Gasteiger partial charge in [0.2, 0.25) is 17.7 Å². The van der Waals surface area contributed by atoms with Gasteiger partial charge in [-0.05, 0) is 12.1 Å². The van der Waals surface area contributed by atoms with Crippen molar-refractivity contribution in [3.63, 3.8) is 0 Å². The Labute approximate surface area is 103 Å². The molecule has 1 aliphatic rings. The zero-order chi connectivity index (χ0) is 13.5. The van der Waals surface area contributed by atoms with Crippen molar-refractivity contribution >= 4 is 23.5 Å². The van der Waals surface area contributed by atoms with Crippen molar-refractivity contribution in [3.8, 4) is 0 Å². The summed E-state index contributed by atoms with van der Waals surface area (Å²) in [6.45, 7) is 0. The van der Waals surface area contributed by atoms with E-state index in [0.717, 1.165) is 0 Å². The maximum absolute atomic E-state index is 10.5. The third-order valence-corrected chi connectivity index (χ3v) is 2.05. The molecule has 0 aromatic carbocycles. The van der Waals surface area contributed by atoms with Crippen LogP contribution < -0.4 is 22.3 Å². The fourth-order valence-electron chi connectivity index (χ4n) is 1.13. The maximum atomic E-state index is 10.5. The fourth-order valence-corrected chi connectivity index (χ4v) is 1.13. The molecule has 96 valence electrons. The number of hydrogen-bond donors (Lipinski definition) is 4. The molecule has 0 bridgehead atoms. The van der Waals surface area contributed by atoms with Gasteiger partial charge in [-0.2, -0.15) is 0 Å². The number of nitrogen functional groups attached to an aromatic ring is 1. The van der Waals surface area contributed by atoms with Gasteiger partial charge < -0.3 is 11.2 Å². The average molecular weight is 251 g/mol. The van der Waals surface area contributed by atoms with Crippen molar-refractivity contribution in [2.24, 2.45) is 11.6 Å². The van der Waals surface area contributed by atoms with Crippen molar-refractivity contribution in [1.82, 2.24) is 10.3 Å². The first-order valence-corrected chi connectivity index (χ1v) is 5.08. The van der Waals surface area contributed by atoms with Crippen LogP contribution in [0, 0.1) is 0 Å². The van der Waals surface area contributed by atoms with E-state index in [9.17, 15) is 14.4 Å². The SMILES string of the molecule is NNc1ccc(C(N)=O)cn1.O=C1CCC(=O)N1. The number of primary amides is 1. The third kappa shape index (κ3) is 4.18. The van der Waals surface area contributed by atoms with Gasteiger partial charge in [0.25, 0.3) is 0 Å². The number of carbonyl (C=O) groups is 3. The number of pyridine rings is 1.